The molecule has 4 heterocycles. The minimum Gasteiger partial charge on any atom is -0.452 e. The van der Waals surface area contributed by atoms with Crippen LogP contribution in [0.2, 0.25) is 0 Å². The summed E-state index contributed by atoms with van der Waals surface area (Å²) in [5.74, 6) is 0.870. The largest absolute Gasteiger partial charge is 0.452 e. The maximum atomic E-state index is 11.6. The van der Waals surface area contributed by atoms with E-state index in [1.807, 2.05) is 29.2 Å². The molecule has 0 aliphatic carbocycles. The first kappa shape index (κ1) is 20.5. The molecular weight excluding hydrogens is 428 g/mol. The van der Waals surface area contributed by atoms with E-state index in [2.05, 4.69) is 20.1 Å². The molecule has 4 N–H and O–H groups in total. The maximum absolute atomic E-state index is 11.6. The fourth-order valence-electron chi connectivity index (χ4n) is 4.11. The van der Waals surface area contributed by atoms with Gasteiger partial charge >= 0.3 is 0 Å². The van der Waals surface area contributed by atoms with Gasteiger partial charge in [0, 0.05) is 40.2 Å². The lowest BCUT2D eigenvalue weighted by Gasteiger charge is -2.22. The number of piperidine rings is 1. The molecule has 32 heavy (non-hydrogen) atoms. The Morgan fingerprint density at radius 3 is 2.78 bits per heavy atom. The van der Waals surface area contributed by atoms with Gasteiger partial charge in [0.2, 0.25) is 10.0 Å². The van der Waals surface area contributed by atoms with Crippen LogP contribution in [0, 0.1) is 0 Å². The Labute approximate surface area is 185 Å². The summed E-state index contributed by atoms with van der Waals surface area (Å²) in [6.45, 7) is 1.98. The Morgan fingerprint density at radius 2 is 2.00 bits per heavy atom. The maximum Gasteiger partial charge on any atom is 0.229 e. The first-order valence-corrected chi connectivity index (χ1v) is 12.3. The van der Waals surface area contributed by atoms with Crippen LogP contribution < -0.4 is 15.8 Å². The normalized spacial score (nSPS) is 15.3. The van der Waals surface area contributed by atoms with Crippen molar-refractivity contribution in [2.75, 3.05) is 29.8 Å². The molecule has 0 saturated carbocycles. The zero-order valence-corrected chi connectivity index (χ0v) is 18.4. The van der Waals surface area contributed by atoms with Gasteiger partial charge in [0.25, 0.3) is 0 Å². The average Bonchev–Trinajstić information content (AvgIpc) is 3.42. The van der Waals surface area contributed by atoms with Crippen LogP contribution in [0.4, 0.5) is 11.5 Å². The van der Waals surface area contributed by atoms with Gasteiger partial charge in [-0.3, -0.25) is 9.40 Å². The minimum absolute atomic E-state index is 0.297. The average molecular weight is 453 g/mol. The van der Waals surface area contributed by atoms with Gasteiger partial charge in [0.1, 0.15) is 5.76 Å². The molecule has 1 aliphatic rings. The SMILES string of the molecule is CS(=O)(=O)Nc1cccc(-c2cc3c(-c4cnn(C5CCNCC5)c4)cnc(N)c3o2)c1. The van der Waals surface area contributed by atoms with Crippen molar-refractivity contribution in [2.45, 2.75) is 18.9 Å². The fraction of sp³-hybridized carbons (Fsp3) is 0.273. The number of furan rings is 1. The number of sulfonamides is 1. The topological polar surface area (TPSA) is 128 Å². The van der Waals surface area contributed by atoms with Gasteiger partial charge in [0.05, 0.1) is 18.5 Å². The third kappa shape index (κ3) is 4.06. The highest BCUT2D eigenvalue weighted by molar-refractivity contribution is 7.92. The highest BCUT2D eigenvalue weighted by atomic mass is 32.2. The summed E-state index contributed by atoms with van der Waals surface area (Å²) in [6, 6.07) is 9.31. The summed E-state index contributed by atoms with van der Waals surface area (Å²) in [7, 11) is -3.38. The van der Waals surface area contributed by atoms with Crippen LogP contribution in [0.25, 0.3) is 33.4 Å². The predicted octanol–water partition coefficient (Wildman–Crippen LogP) is 3.24. The number of pyridine rings is 1. The summed E-state index contributed by atoms with van der Waals surface area (Å²) < 4.78 is 33.7. The zero-order valence-electron chi connectivity index (χ0n) is 17.6. The molecule has 3 aromatic heterocycles. The second kappa shape index (κ2) is 7.95. The van der Waals surface area contributed by atoms with Gasteiger partial charge in [0.15, 0.2) is 11.4 Å². The number of benzene rings is 1. The number of nitrogens with two attached hydrogens (primary N) is 1. The number of nitrogens with zero attached hydrogens (tertiary/aromatic N) is 3. The lowest BCUT2D eigenvalue weighted by molar-refractivity contribution is 0.343. The van der Waals surface area contributed by atoms with Crippen LogP contribution in [0.5, 0.6) is 0 Å². The molecule has 0 radical (unpaired) electrons. The molecule has 0 atom stereocenters. The van der Waals surface area contributed by atoms with E-state index in [4.69, 9.17) is 10.2 Å². The molecule has 166 valence electrons. The summed E-state index contributed by atoms with van der Waals surface area (Å²) in [5, 5.41) is 8.80. The number of hydrogen-bond donors (Lipinski definition) is 3. The number of aromatic nitrogens is 3. The van der Waals surface area contributed by atoms with E-state index in [0.717, 1.165) is 54.3 Å². The van der Waals surface area contributed by atoms with Crippen LogP contribution in [-0.2, 0) is 10.0 Å². The van der Waals surface area contributed by atoms with Crippen LogP contribution in [0.3, 0.4) is 0 Å². The van der Waals surface area contributed by atoms with E-state index in [1.54, 1.807) is 24.4 Å². The van der Waals surface area contributed by atoms with Crippen molar-refractivity contribution in [1.82, 2.24) is 20.1 Å². The van der Waals surface area contributed by atoms with Gasteiger partial charge < -0.3 is 15.5 Å². The van der Waals surface area contributed by atoms with Crippen LogP contribution in [0.1, 0.15) is 18.9 Å². The minimum atomic E-state index is -3.38. The molecule has 1 saturated heterocycles. The number of nitrogen functional groups attached to an aromatic ring is 1. The van der Waals surface area contributed by atoms with Gasteiger partial charge in [-0.1, -0.05) is 12.1 Å². The van der Waals surface area contributed by atoms with Gasteiger partial charge in [-0.15, -0.1) is 0 Å². The number of hydrogen-bond acceptors (Lipinski definition) is 7. The fourth-order valence-corrected chi connectivity index (χ4v) is 4.67. The van der Waals surface area contributed by atoms with E-state index in [0.29, 0.717) is 28.9 Å². The van der Waals surface area contributed by atoms with Crippen molar-refractivity contribution in [1.29, 1.82) is 0 Å². The molecule has 0 unspecified atom stereocenters. The molecule has 0 amide bonds. The summed E-state index contributed by atoms with van der Waals surface area (Å²) >= 11 is 0. The monoisotopic (exact) mass is 452 g/mol. The first-order valence-electron chi connectivity index (χ1n) is 10.4. The van der Waals surface area contributed by atoms with E-state index in [1.165, 1.54) is 0 Å². The predicted molar refractivity (Wildman–Crippen MR) is 125 cm³/mol. The first-order chi connectivity index (χ1) is 15.4. The molecule has 0 spiro atoms. The molecule has 1 fully saturated rings. The second-order valence-corrected chi connectivity index (χ2v) is 9.80. The van der Waals surface area contributed by atoms with Crippen molar-refractivity contribution in [3.63, 3.8) is 0 Å². The highest BCUT2D eigenvalue weighted by Gasteiger charge is 2.19. The Balaban J connectivity index is 1.54. The van der Waals surface area contributed by atoms with Crippen molar-refractivity contribution in [3.8, 4) is 22.5 Å². The van der Waals surface area contributed by atoms with Crippen molar-refractivity contribution >= 4 is 32.5 Å². The van der Waals surface area contributed by atoms with Crippen LogP contribution in [-0.4, -0.2) is 42.5 Å². The third-order valence-electron chi connectivity index (χ3n) is 5.63. The summed E-state index contributed by atoms with van der Waals surface area (Å²) in [5.41, 5.74) is 9.61. The summed E-state index contributed by atoms with van der Waals surface area (Å²) in [4.78, 5) is 4.32. The lowest BCUT2D eigenvalue weighted by Crippen LogP contribution is -2.29. The lowest BCUT2D eigenvalue weighted by atomic mass is 10.1. The number of fused-ring (bicyclic) bond motifs is 1. The second-order valence-electron chi connectivity index (χ2n) is 8.06. The number of nitrogens with one attached hydrogen (secondary N) is 2. The third-order valence-corrected chi connectivity index (χ3v) is 6.24. The molecule has 1 aliphatic heterocycles. The molecule has 9 nitrogen and oxygen atoms in total. The molecule has 1 aromatic carbocycles. The van der Waals surface area contributed by atoms with E-state index < -0.39 is 10.0 Å². The van der Waals surface area contributed by atoms with Crippen molar-refractivity contribution in [3.05, 3.63) is 48.9 Å². The molecule has 0 bridgehead atoms. The molecule has 10 heteroatoms. The molecule has 4 aromatic rings. The standard InChI is InChI=1S/C22H24N6O3S/c1-32(29,30)27-16-4-2-3-14(9-16)20-10-18-19(12-25-22(23)21(18)31-20)15-11-26-28(13-15)17-5-7-24-8-6-17/h2-4,9-13,17,24,27H,5-8H2,1H3,(H2,23,25). The Bertz CT molecular complexity index is 1390. The van der Waals surface area contributed by atoms with Gasteiger partial charge in [-0.2, -0.15) is 5.10 Å². The molecule has 5 rings (SSSR count). The van der Waals surface area contributed by atoms with E-state index in [9.17, 15) is 8.42 Å². The van der Waals surface area contributed by atoms with Gasteiger partial charge in [-0.25, -0.2) is 13.4 Å². The number of rotatable bonds is 5. The van der Waals surface area contributed by atoms with E-state index >= 15 is 0 Å². The van der Waals surface area contributed by atoms with Crippen LogP contribution >= 0.6 is 0 Å². The summed E-state index contributed by atoms with van der Waals surface area (Å²) in [6.07, 6.45) is 8.84. The Hall–Kier alpha value is -3.37. The number of anilines is 2. The van der Waals surface area contributed by atoms with Crippen molar-refractivity contribution < 1.29 is 12.8 Å². The smallest absolute Gasteiger partial charge is 0.229 e. The quantitative estimate of drug-likeness (QED) is 0.424. The van der Waals surface area contributed by atoms with Gasteiger partial charge in [-0.05, 0) is 44.1 Å². The molecular formula is C22H24N6O3S. The Morgan fingerprint density at radius 1 is 1.19 bits per heavy atom. The zero-order chi connectivity index (χ0) is 22.3. The van der Waals surface area contributed by atoms with Crippen LogP contribution in [0.15, 0.2) is 53.3 Å². The van der Waals surface area contributed by atoms with Crippen molar-refractivity contribution in [2.24, 2.45) is 0 Å². The highest BCUT2D eigenvalue weighted by Crippen LogP contribution is 2.37. The van der Waals surface area contributed by atoms with E-state index in [-0.39, 0.29) is 0 Å². The Kier molecular flexibility index (Phi) is 5.10.